The molecule has 0 N–H and O–H groups in total. The van der Waals surface area contributed by atoms with Gasteiger partial charge in [0.05, 0.1) is 0 Å². The van der Waals surface area contributed by atoms with Gasteiger partial charge in [-0.05, 0) is 18.2 Å². The first-order valence-electron chi connectivity index (χ1n) is 2.44. The summed E-state index contributed by atoms with van der Waals surface area (Å²) in [7, 11) is 0. The fourth-order valence-corrected chi connectivity index (χ4v) is 1.40. The van der Waals surface area contributed by atoms with Crippen LogP contribution >= 0.6 is 11.3 Å². The molecular formula is C7H8S. The summed E-state index contributed by atoms with van der Waals surface area (Å²) < 4.78 is 1.09. The van der Waals surface area contributed by atoms with Crippen LogP contribution < -0.4 is 9.75 Å². The third kappa shape index (κ3) is 0.819. The monoisotopic (exact) mass is 124 g/mol. The molecule has 0 amide bonds. The minimum Gasteiger partial charge on any atom is -0.141 e. The highest BCUT2D eigenvalue weighted by Crippen LogP contribution is 1.92. The molecule has 1 aromatic rings. The average molecular weight is 124 g/mol. The van der Waals surface area contributed by atoms with E-state index in [2.05, 4.69) is 20.1 Å². The van der Waals surface area contributed by atoms with Crippen LogP contribution in [-0.2, 0) is 0 Å². The van der Waals surface area contributed by atoms with Crippen molar-refractivity contribution in [3.63, 3.8) is 0 Å². The van der Waals surface area contributed by atoms with Crippen LogP contribution in [0, 0.1) is 6.92 Å². The number of rotatable bonds is 0. The van der Waals surface area contributed by atoms with Gasteiger partial charge in [0.2, 0.25) is 0 Å². The van der Waals surface area contributed by atoms with Crippen molar-refractivity contribution in [1.29, 1.82) is 0 Å². The molecule has 0 radical (unpaired) electrons. The molecule has 0 unspecified atom stereocenters. The zero-order valence-electron chi connectivity index (χ0n) is 4.90. The Hall–Kier alpha value is -0.560. The quantitative estimate of drug-likeness (QED) is 0.481. The van der Waals surface area contributed by atoms with E-state index in [4.69, 9.17) is 0 Å². The molecule has 1 heterocycles. The van der Waals surface area contributed by atoms with Crippen molar-refractivity contribution in [2.75, 3.05) is 0 Å². The lowest BCUT2D eigenvalue weighted by molar-refractivity contribution is 1.61. The first-order chi connectivity index (χ1) is 3.70. The molecule has 0 saturated carbocycles. The molecule has 0 nitrogen and oxygen atoms in total. The van der Waals surface area contributed by atoms with Crippen LogP contribution in [0.2, 0.25) is 0 Å². The molecule has 1 heteroatoms. The van der Waals surface area contributed by atoms with Gasteiger partial charge in [-0.3, -0.25) is 0 Å². The maximum absolute atomic E-state index is 3.80. The highest BCUT2D eigenvalue weighted by atomic mass is 32.1. The first kappa shape index (κ1) is 5.57. The van der Waals surface area contributed by atoms with Crippen molar-refractivity contribution in [1.82, 2.24) is 0 Å². The number of thiophene rings is 1. The first-order valence-corrected chi connectivity index (χ1v) is 3.26. The normalized spacial score (nSPS) is 9.62. The summed E-state index contributed by atoms with van der Waals surface area (Å²) in [5.41, 5.74) is 0. The predicted octanol–water partition coefficient (Wildman–Crippen LogP) is 0.877. The second kappa shape index (κ2) is 1.75. The fraction of sp³-hybridized carbons (Fsp3) is 0.143. The summed E-state index contributed by atoms with van der Waals surface area (Å²) in [5.74, 6) is 0. The second-order valence-corrected chi connectivity index (χ2v) is 3.15. The lowest BCUT2D eigenvalue weighted by Crippen LogP contribution is -2.11. The Morgan fingerprint density at radius 1 is 1.50 bits per heavy atom. The summed E-state index contributed by atoms with van der Waals surface area (Å²) in [6.07, 6.45) is 0. The minimum atomic E-state index is 1.06. The zero-order valence-corrected chi connectivity index (χ0v) is 5.72. The maximum Gasteiger partial charge on any atom is 0.0267 e. The molecular weight excluding hydrogens is 116 g/mol. The molecule has 1 rings (SSSR count). The van der Waals surface area contributed by atoms with Crippen LogP contribution in [0.15, 0.2) is 6.07 Å². The van der Waals surface area contributed by atoms with Gasteiger partial charge in [0.1, 0.15) is 0 Å². The molecule has 0 saturated heterocycles. The highest BCUT2D eigenvalue weighted by Gasteiger charge is 1.84. The SMILES string of the molecule is C=c1cc(C)sc1=C. The highest BCUT2D eigenvalue weighted by molar-refractivity contribution is 7.09. The van der Waals surface area contributed by atoms with Gasteiger partial charge >= 0.3 is 0 Å². The van der Waals surface area contributed by atoms with Crippen LogP contribution in [0.5, 0.6) is 0 Å². The summed E-state index contributed by atoms with van der Waals surface area (Å²) in [6.45, 7) is 9.65. The van der Waals surface area contributed by atoms with Gasteiger partial charge in [-0.25, -0.2) is 0 Å². The lowest BCUT2D eigenvalue weighted by Gasteiger charge is -1.66. The van der Waals surface area contributed by atoms with Gasteiger partial charge in [0.15, 0.2) is 0 Å². The van der Waals surface area contributed by atoms with E-state index in [9.17, 15) is 0 Å². The number of hydrogen-bond donors (Lipinski definition) is 0. The van der Waals surface area contributed by atoms with Crippen LogP contribution in [0.3, 0.4) is 0 Å². The topological polar surface area (TPSA) is 0 Å². The van der Waals surface area contributed by atoms with Crippen LogP contribution in [0.1, 0.15) is 4.88 Å². The maximum atomic E-state index is 3.80. The number of aryl methyl sites for hydroxylation is 1. The van der Waals surface area contributed by atoms with Gasteiger partial charge in [-0.2, -0.15) is 0 Å². The Labute approximate surface area is 52.8 Å². The summed E-state index contributed by atoms with van der Waals surface area (Å²) in [5, 5.41) is 1.06. The summed E-state index contributed by atoms with van der Waals surface area (Å²) >= 11 is 1.70. The number of hydrogen-bond acceptors (Lipinski definition) is 1. The van der Waals surface area contributed by atoms with Crippen molar-refractivity contribution in [2.24, 2.45) is 0 Å². The van der Waals surface area contributed by atoms with Crippen molar-refractivity contribution in [2.45, 2.75) is 6.92 Å². The molecule has 0 aliphatic rings. The third-order valence-electron chi connectivity index (χ3n) is 1.02. The molecule has 0 aliphatic carbocycles. The lowest BCUT2D eigenvalue weighted by atomic mass is 10.4. The van der Waals surface area contributed by atoms with Crippen molar-refractivity contribution in [3.05, 3.63) is 20.7 Å². The molecule has 0 fully saturated rings. The fourth-order valence-electron chi connectivity index (χ4n) is 0.615. The summed E-state index contributed by atoms with van der Waals surface area (Å²) in [6, 6.07) is 2.05. The molecule has 0 spiro atoms. The Balaban J connectivity index is 3.59. The van der Waals surface area contributed by atoms with Crippen molar-refractivity contribution < 1.29 is 0 Å². The Kier molecular flexibility index (Phi) is 1.22. The van der Waals surface area contributed by atoms with Gasteiger partial charge in [0, 0.05) is 9.41 Å². The van der Waals surface area contributed by atoms with E-state index in [1.54, 1.807) is 11.3 Å². The van der Waals surface area contributed by atoms with E-state index in [1.807, 2.05) is 6.07 Å². The molecule has 0 atom stereocenters. The Morgan fingerprint density at radius 2 is 2.12 bits per heavy atom. The van der Waals surface area contributed by atoms with Gasteiger partial charge in [-0.15, -0.1) is 11.3 Å². The Morgan fingerprint density at radius 3 is 2.25 bits per heavy atom. The van der Waals surface area contributed by atoms with E-state index in [1.165, 1.54) is 4.88 Å². The van der Waals surface area contributed by atoms with E-state index in [-0.39, 0.29) is 0 Å². The minimum absolute atomic E-state index is 1.06. The van der Waals surface area contributed by atoms with Crippen LogP contribution in [0.4, 0.5) is 0 Å². The van der Waals surface area contributed by atoms with Gasteiger partial charge < -0.3 is 0 Å². The molecule has 0 bridgehead atoms. The van der Waals surface area contributed by atoms with Crippen LogP contribution in [-0.4, -0.2) is 0 Å². The largest absolute Gasteiger partial charge is 0.141 e. The van der Waals surface area contributed by atoms with E-state index < -0.39 is 0 Å². The molecule has 42 valence electrons. The Bertz CT molecular complexity index is 242. The van der Waals surface area contributed by atoms with Gasteiger partial charge in [0.25, 0.3) is 0 Å². The standard InChI is InChI=1S/C7H8S/c1-5-4-6(2)8-7(5)3/h4H,1,3H2,2H3. The second-order valence-electron chi connectivity index (χ2n) is 1.81. The molecule has 1 aromatic heterocycles. The van der Waals surface area contributed by atoms with Crippen molar-refractivity contribution >= 4 is 24.5 Å². The predicted molar refractivity (Wildman–Crippen MR) is 39.4 cm³/mol. The van der Waals surface area contributed by atoms with Crippen LogP contribution in [0.25, 0.3) is 13.2 Å². The summed E-state index contributed by atoms with van der Waals surface area (Å²) in [4.78, 5) is 1.29. The van der Waals surface area contributed by atoms with Crippen molar-refractivity contribution in [3.8, 4) is 0 Å². The van der Waals surface area contributed by atoms with E-state index in [0.29, 0.717) is 0 Å². The molecule has 0 aliphatic heterocycles. The van der Waals surface area contributed by atoms with E-state index >= 15 is 0 Å². The zero-order chi connectivity index (χ0) is 6.15. The van der Waals surface area contributed by atoms with E-state index in [0.717, 1.165) is 9.75 Å². The average Bonchev–Trinajstić information content (AvgIpc) is 1.85. The molecule has 0 aromatic carbocycles. The third-order valence-corrected chi connectivity index (χ3v) is 1.97. The molecule has 8 heavy (non-hydrogen) atoms. The van der Waals surface area contributed by atoms with Gasteiger partial charge in [-0.1, -0.05) is 13.2 Å². The smallest absolute Gasteiger partial charge is 0.0267 e.